The van der Waals surface area contributed by atoms with Crippen LogP contribution in [0.1, 0.15) is 26.7 Å². The highest BCUT2D eigenvalue weighted by molar-refractivity contribution is 8.00. The quantitative estimate of drug-likeness (QED) is 0.364. The van der Waals surface area contributed by atoms with Crippen LogP contribution in [-0.2, 0) is 4.74 Å². The van der Waals surface area contributed by atoms with Gasteiger partial charge in [-0.05, 0) is 50.9 Å². The molecule has 0 aromatic heterocycles. The van der Waals surface area contributed by atoms with Gasteiger partial charge >= 0.3 is 0 Å². The van der Waals surface area contributed by atoms with Crippen molar-refractivity contribution in [2.24, 2.45) is 10.9 Å². The number of benzene rings is 1. The van der Waals surface area contributed by atoms with E-state index in [0.717, 1.165) is 44.7 Å². The zero-order valence-electron chi connectivity index (χ0n) is 17.1. The number of hydrogen-bond acceptors (Lipinski definition) is 4. The maximum Gasteiger partial charge on any atom is 0.191 e. The van der Waals surface area contributed by atoms with Crippen molar-refractivity contribution in [1.82, 2.24) is 15.5 Å². The molecular weight excluding hydrogens is 356 g/mol. The standard InChI is InChI=1S/C21H36N4OS/c1-4-22-21(23-16-18(2)27-20-8-6-5-7-9-20)24-17-19-10-12-25(13-11-19)14-15-26-3/h5-9,18-19H,4,10-17H2,1-3H3,(H2,22,23,24). The van der Waals surface area contributed by atoms with Crippen molar-refractivity contribution in [3.63, 3.8) is 0 Å². The minimum absolute atomic E-state index is 0.451. The molecule has 0 aliphatic carbocycles. The van der Waals surface area contributed by atoms with Gasteiger partial charge in [0.15, 0.2) is 5.96 Å². The number of nitrogens with one attached hydrogen (secondary N) is 2. The molecular formula is C21H36N4OS. The number of rotatable bonds is 10. The summed E-state index contributed by atoms with van der Waals surface area (Å²) in [6.45, 7) is 11.3. The molecule has 0 amide bonds. The van der Waals surface area contributed by atoms with E-state index in [4.69, 9.17) is 9.73 Å². The summed E-state index contributed by atoms with van der Waals surface area (Å²) < 4.78 is 5.18. The van der Waals surface area contributed by atoms with E-state index < -0.39 is 0 Å². The molecule has 1 aromatic rings. The molecule has 6 heteroatoms. The third-order valence-electron chi connectivity index (χ3n) is 4.81. The first-order valence-electron chi connectivity index (χ1n) is 10.2. The van der Waals surface area contributed by atoms with Crippen LogP contribution >= 0.6 is 11.8 Å². The highest BCUT2D eigenvalue weighted by atomic mass is 32.2. The normalized spacial score (nSPS) is 17.7. The molecule has 0 bridgehead atoms. The summed E-state index contributed by atoms with van der Waals surface area (Å²) in [4.78, 5) is 8.60. The molecule has 0 radical (unpaired) electrons. The maximum atomic E-state index is 5.18. The molecule has 2 N–H and O–H groups in total. The maximum absolute atomic E-state index is 5.18. The number of ether oxygens (including phenoxy) is 1. The third kappa shape index (κ3) is 9.00. The predicted octanol–water partition coefficient (Wildman–Crippen LogP) is 3.08. The van der Waals surface area contributed by atoms with Gasteiger partial charge in [-0.25, -0.2) is 0 Å². The molecule has 1 aromatic carbocycles. The van der Waals surface area contributed by atoms with E-state index in [0.29, 0.717) is 5.25 Å². The van der Waals surface area contributed by atoms with Crippen LogP contribution in [0.4, 0.5) is 0 Å². The first kappa shape index (κ1) is 22.1. The van der Waals surface area contributed by atoms with Crippen LogP contribution in [0.25, 0.3) is 0 Å². The van der Waals surface area contributed by atoms with Crippen LogP contribution in [0, 0.1) is 5.92 Å². The Hall–Kier alpha value is -1.24. The van der Waals surface area contributed by atoms with E-state index in [-0.39, 0.29) is 0 Å². The summed E-state index contributed by atoms with van der Waals surface area (Å²) in [5.41, 5.74) is 0. The number of guanidine groups is 1. The van der Waals surface area contributed by atoms with Crippen LogP contribution < -0.4 is 10.6 Å². The molecule has 1 aliphatic heterocycles. The minimum atomic E-state index is 0.451. The zero-order chi connectivity index (χ0) is 19.3. The summed E-state index contributed by atoms with van der Waals surface area (Å²) >= 11 is 1.88. The topological polar surface area (TPSA) is 48.9 Å². The number of thioether (sulfide) groups is 1. The summed E-state index contributed by atoms with van der Waals surface area (Å²) in [7, 11) is 1.78. The van der Waals surface area contributed by atoms with Gasteiger partial charge in [0.2, 0.25) is 0 Å². The molecule has 2 rings (SSSR count). The van der Waals surface area contributed by atoms with Crippen molar-refractivity contribution in [3.8, 4) is 0 Å². The van der Waals surface area contributed by atoms with E-state index in [1.54, 1.807) is 7.11 Å². The fourth-order valence-corrected chi connectivity index (χ4v) is 4.13. The van der Waals surface area contributed by atoms with Crippen LogP contribution in [0.3, 0.4) is 0 Å². The number of piperidine rings is 1. The van der Waals surface area contributed by atoms with Crippen molar-refractivity contribution < 1.29 is 4.74 Å². The number of nitrogens with zero attached hydrogens (tertiary/aromatic N) is 2. The van der Waals surface area contributed by atoms with Gasteiger partial charge < -0.3 is 20.3 Å². The summed E-state index contributed by atoms with van der Waals surface area (Å²) in [5.74, 6) is 1.67. The van der Waals surface area contributed by atoms with Gasteiger partial charge in [-0.2, -0.15) is 0 Å². The molecule has 1 fully saturated rings. The molecule has 1 aliphatic rings. The zero-order valence-corrected chi connectivity index (χ0v) is 17.9. The van der Waals surface area contributed by atoms with E-state index in [9.17, 15) is 0 Å². The largest absolute Gasteiger partial charge is 0.383 e. The van der Waals surface area contributed by atoms with Crippen molar-refractivity contribution in [2.45, 2.75) is 36.8 Å². The molecule has 27 heavy (non-hydrogen) atoms. The molecule has 1 saturated heterocycles. The Balaban J connectivity index is 1.72. The molecule has 1 heterocycles. The lowest BCUT2D eigenvalue weighted by atomic mass is 9.97. The lowest BCUT2D eigenvalue weighted by molar-refractivity contribution is 0.121. The number of likely N-dealkylation sites (tertiary alicyclic amines) is 1. The average Bonchev–Trinajstić information content (AvgIpc) is 2.70. The van der Waals surface area contributed by atoms with Crippen molar-refractivity contribution >= 4 is 17.7 Å². The SMILES string of the molecule is CCNC(=NCC(C)Sc1ccccc1)NCC1CCN(CCOC)CC1. The number of hydrogen-bond donors (Lipinski definition) is 2. The van der Waals surface area contributed by atoms with E-state index in [2.05, 4.69) is 59.7 Å². The monoisotopic (exact) mass is 392 g/mol. The Morgan fingerprint density at radius 2 is 2.00 bits per heavy atom. The Bertz CT molecular complexity index is 532. The van der Waals surface area contributed by atoms with Crippen molar-refractivity contribution in [3.05, 3.63) is 30.3 Å². The summed E-state index contributed by atoms with van der Waals surface area (Å²) in [5, 5.41) is 7.39. The smallest absolute Gasteiger partial charge is 0.191 e. The fraction of sp³-hybridized carbons (Fsp3) is 0.667. The van der Waals surface area contributed by atoms with E-state index in [1.165, 1.54) is 30.8 Å². The summed E-state index contributed by atoms with van der Waals surface area (Å²) in [6.07, 6.45) is 2.49. The molecule has 0 spiro atoms. The number of methoxy groups -OCH3 is 1. The lowest BCUT2D eigenvalue weighted by Crippen LogP contribution is -2.43. The second-order valence-electron chi connectivity index (χ2n) is 7.12. The van der Waals surface area contributed by atoms with Crippen molar-refractivity contribution in [1.29, 1.82) is 0 Å². The second-order valence-corrected chi connectivity index (χ2v) is 8.63. The summed E-state index contributed by atoms with van der Waals surface area (Å²) in [6, 6.07) is 10.6. The molecule has 1 unspecified atom stereocenters. The van der Waals surface area contributed by atoms with Gasteiger partial charge in [-0.15, -0.1) is 11.8 Å². The van der Waals surface area contributed by atoms with Crippen LogP contribution in [0.5, 0.6) is 0 Å². The minimum Gasteiger partial charge on any atom is -0.383 e. The van der Waals surface area contributed by atoms with Crippen LogP contribution in [-0.4, -0.2) is 69.1 Å². The Kier molecular flexibility index (Phi) is 10.6. The Morgan fingerprint density at radius 1 is 1.26 bits per heavy atom. The predicted molar refractivity (Wildman–Crippen MR) is 117 cm³/mol. The molecule has 1 atom stereocenters. The highest BCUT2D eigenvalue weighted by Crippen LogP contribution is 2.22. The highest BCUT2D eigenvalue weighted by Gasteiger charge is 2.19. The molecule has 152 valence electrons. The van der Waals surface area contributed by atoms with E-state index in [1.807, 2.05) is 11.8 Å². The first-order chi connectivity index (χ1) is 13.2. The second kappa shape index (κ2) is 13.0. The molecule has 0 saturated carbocycles. The fourth-order valence-electron chi connectivity index (χ4n) is 3.21. The van der Waals surface area contributed by atoms with Gasteiger partial charge in [0.25, 0.3) is 0 Å². The van der Waals surface area contributed by atoms with Crippen LogP contribution in [0.15, 0.2) is 40.2 Å². The Morgan fingerprint density at radius 3 is 2.67 bits per heavy atom. The van der Waals surface area contributed by atoms with Gasteiger partial charge in [-0.1, -0.05) is 25.1 Å². The van der Waals surface area contributed by atoms with E-state index >= 15 is 0 Å². The number of aliphatic imine (C=N–C) groups is 1. The van der Waals surface area contributed by atoms with Crippen molar-refractivity contribution in [2.75, 3.05) is 53.0 Å². The lowest BCUT2D eigenvalue weighted by Gasteiger charge is -2.32. The van der Waals surface area contributed by atoms with Gasteiger partial charge in [0.1, 0.15) is 0 Å². The third-order valence-corrected chi connectivity index (χ3v) is 5.90. The average molecular weight is 393 g/mol. The Labute approximate surface area is 169 Å². The van der Waals surface area contributed by atoms with Crippen LogP contribution in [0.2, 0.25) is 0 Å². The first-order valence-corrected chi connectivity index (χ1v) is 11.0. The van der Waals surface area contributed by atoms with Gasteiger partial charge in [-0.3, -0.25) is 4.99 Å². The van der Waals surface area contributed by atoms with Gasteiger partial charge in [0.05, 0.1) is 13.2 Å². The molecule has 5 nitrogen and oxygen atoms in total. The van der Waals surface area contributed by atoms with Gasteiger partial charge in [0, 0.05) is 36.9 Å².